The fraction of sp³-hybridized carbons (Fsp3) is 0.750. The molecule has 0 rings (SSSR count). The number of likely N-dealkylation sites (N-methyl/N-ethyl adjacent to an activating group) is 1. The maximum atomic E-state index is 11.2. The molecule has 6 heteroatoms. The molecule has 0 aromatic rings. The third kappa shape index (κ3) is 5.21. The molecule has 0 unspecified atom stereocenters. The number of Topliss-reactive ketones (excluding diaryl/α,β-unsaturated/α-hetero) is 1. The minimum absolute atomic E-state index is 0.0573. The summed E-state index contributed by atoms with van der Waals surface area (Å²) < 4.78 is 0. The summed E-state index contributed by atoms with van der Waals surface area (Å²) in [5.41, 5.74) is 5.21. The van der Waals surface area contributed by atoms with Crippen molar-refractivity contribution in [3.05, 3.63) is 0 Å². The summed E-state index contributed by atoms with van der Waals surface area (Å²) in [6.45, 7) is 0.138. The van der Waals surface area contributed by atoms with E-state index in [1.165, 1.54) is 0 Å². The Morgan fingerprint density at radius 3 is 2.57 bits per heavy atom. The predicted octanol–water partition coefficient (Wildman–Crippen LogP) is -1.46. The molecule has 0 bridgehead atoms. The van der Waals surface area contributed by atoms with E-state index >= 15 is 0 Å². The van der Waals surface area contributed by atoms with Crippen molar-refractivity contribution in [2.24, 2.45) is 5.73 Å². The van der Waals surface area contributed by atoms with Gasteiger partial charge in [0.05, 0.1) is 19.1 Å². The second-order valence-electron chi connectivity index (χ2n) is 2.83. The molecule has 1 atom stereocenters. The van der Waals surface area contributed by atoms with E-state index in [0.29, 0.717) is 12.2 Å². The Morgan fingerprint density at radius 1 is 1.50 bits per heavy atom. The molecule has 0 radical (unpaired) electrons. The molecule has 5 nitrogen and oxygen atoms in total. The van der Waals surface area contributed by atoms with Crippen molar-refractivity contribution in [1.29, 1.82) is 0 Å². The average molecular weight is 219 g/mol. The van der Waals surface area contributed by atoms with Gasteiger partial charge in [-0.05, 0) is 19.2 Å². The zero-order valence-corrected chi connectivity index (χ0v) is 9.14. The monoisotopic (exact) mass is 219 g/mol. The van der Waals surface area contributed by atoms with E-state index in [9.17, 15) is 9.59 Å². The summed E-state index contributed by atoms with van der Waals surface area (Å²) in [6.07, 6.45) is 0.509. The van der Waals surface area contributed by atoms with Gasteiger partial charge in [-0.1, -0.05) is 0 Å². The second kappa shape index (κ2) is 7.78. The van der Waals surface area contributed by atoms with Gasteiger partial charge in [-0.2, -0.15) is 12.6 Å². The number of hydrogen-bond acceptors (Lipinski definition) is 5. The minimum Gasteiger partial charge on any atom is -0.345 e. The SMILES string of the molecule is CNCC(=O)N[C@@H](CCS)C(=O)CN. The molecular weight excluding hydrogens is 202 g/mol. The first-order valence-electron chi connectivity index (χ1n) is 4.43. The molecule has 0 aromatic heterocycles. The standard InChI is InChI=1S/C8H17N3O2S/c1-10-5-8(13)11-6(2-3-14)7(12)4-9/h6,10,14H,2-5,9H2,1H3,(H,11,13)/t6-/m0/s1. The summed E-state index contributed by atoms with van der Waals surface area (Å²) in [5, 5.41) is 5.29. The largest absolute Gasteiger partial charge is 0.345 e. The Kier molecular flexibility index (Phi) is 7.45. The summed E-state index contributed by atoms with van der Waals surface area (Å²) in [6, 6.07) is -0.502. The first kappa shape index (κ1) is 13.4. The quantitative estimate of drug-likeness (QED) is 0.394. The van der Waals surface area contributed by atoms with Crippen LogP contribution in [0, 0.1) is 0 Å². The van der Waals surface area contributed by atoms with E-state index in [4.69, 9.17) is 5.73 Å². The molecule has 4 N–H and O–H groups in total. The number of rotatable bonds is 7. The minimum atomic E-state index is -0.502. The Hall–Kier alpha value is -0.590. The Morgan fingerprint density at radius 2 is 2.14 bits per heavy atom. The van der Waals surface area contributed by atoms with E-state index < -0.39 is 6.04 Å². The van der Waals surface area contributed by atoms with Gasteiger partial charge in [0.2, 0.25) is 5.91 Å². The van der Waals surface area contributed by atoms with Gasteiger partial charge in [0.25, 0.3) is 0 Å². The zero-order chi connectivity index (χ0) is 11.0. The van der Waals surface area contributed by atoms with Crippen LogP contribution >= 0.6 is 12.6 Å². The normalized spacial score (nSPS) is 12.2. The van der Waals surface area contributed by atoms with Crippen LogP contribution in [-0.2, 0) is 9.59 Å². The zero-order valence-electron chi connectivity index (χ0n) is 8.25. The summed E-state index contributed by atoms with van der Waals surface area (Å²) >= 11 is 4.01. The van der Waals surface area contributed by atoms with Crippen molar-refractivity contribution >= 4 is 24.3 Å². The number of nitrogens with two attached hydrogens (primary N) is 1. The van der Waals surface area contributed by atoms with E-state index in [1.54, 1.807) is 7.05 Å². The van der Waals surface area contributed by atoms with Crippen molar-refractivity contribution in [1.82, 2.24) is 10.6 Å². The van der Waals surface area contributed by atoms with Crippen LogP contribution < -0.4 is 16.4 Å². The van der Waals surface area contributed by atoms with Crippen molar-refractivity contribution < 1.29 is 9.59 Å². The Labute approximate surface area is 89.2 Å². The predicted molar refractivity (Wildman–Crippen MR) is 58.4 cm³/mol. The van der Waals surface area contributed by atoms with Crippen LogP contribution in [0.1, 0.15) is 6.42 Å². The summed E-state index contributed by atoms with van der Waals surface area (Å²) in [5.74, 6) is 0.167. The molecular formula is C8H17N3O2S. The summed E-state index contributed by atoms with van der Waals surface area (Å²) in [4.78, 5) is 22.4. The maximum absolute atomic E-state index is 11.2. The van der Waals surface area contributed by atoms with Crippen molar-refractivity contribution in [2.45, 2.75) is 12.5 Å². The van der Waals surface area contributed by atoms with E-state index in [1.807, 2.05) is 0 Å². The number of carbonyl (C=O) groups is 2. The lowest BCUT2D eigenvalue weighted by atomic mass is 10.1. The van der Waals surface area contributed by atoms with Crippen LogP contribution in [0.2, 0.25) is 0 Å². The third-order valence-electron chi connectivity index (χ3n) is 1.68. The number of amides is 1. The van der Waals surface area contributed by atoms with Gasteiger partial charge in [-0.3, -0.25) is 9.59 Å². The van der Waals surface area contributed by atoms with Crippen molar-refractivity contribution in [2.75, 3.05) is 25.9 Å². The molecule has 1 amide bonds. The Bertz CT molecular complexity index is 199. The number of hydrogen-bond donors (Lipinski definition) is 4. The van der Waals surface area contributed by atoms with Crippen molar-refractivity contribution in [3.63, 3.8) is 0 Å². The molecule has 14 heavy (non-hydrogen) atoms. The third-order valence-corrected chi connectivity index (χ3v) is 1.94. The highest BCUT2D eigenvalue weighted by atomic mass is 32.1. The highest BCUT2D eigenvalue weighted by Gasteiger charge is 2.17. The van der Waals surface area contributed by atoms with Gasteiger partial charge >= 0.3 is 0 Å². The van der Waals surface area contributed by atoms with E-state index in [-0.39, 0.29) is 24.8 Å². The first-order valence-corrected chi connectivity index (χ1v) is 5.06. The van der Waals surface area contributed by atoms with Gasteiger partial charge in [0.1, 0.15) is 0 Å². The molecule has 0 aliphatic heterocycles. The van der Waals surface area contributed by atoms with E-state index in [2.05, 4.69) is 23.3 Å². The molecule has 0 spiro atoms. The van der Waals surface area contributed by atoms with Crippen LogP contribution in [0.4, 0.5) is 0 Å². The number of carbonyl (C=O) groups excluding carboxylic acids is 2. The van der Waals surface area contributed by atoms with Crippen LogP contribution in [0.15, 0.2) is 0 Å². The molecule has 0 saturated heterocycles. The van der Waals surface area contributed by atoms with Gasteiger partial charge < -0.3 is 16.4 Å². The molecule has 82 valence electrons. The topological polar surface area (TPSA) is 84.2 Å². The lowest BCUT2D eigenvalue weighted by molar-refractivity contribution is -0.126. The molecule has 0 aromatic carbocycles. The molecule has 0 fully saturated rings. The van der Waals surface area contributed by atoms with Gasteiger partial charge in [-0.25, -0.2) is 0 Å². The highest BCUT2D eigenvalue weighted by molar-refractivity contribution is 7.80. The second-order valence-corrected chi connectivity index (χ2v) is 3.28. The first-order chi connectivity index (χ1) is 6.65. The van der Waals surface area contributed by atoms with Crippen LogP contribution in [0.5, 0.6) is 0 Å². The molecule has 0 aliphatic rings. The highest BCUT2D eigenvalue weighted by Crippen LogP contribution is 1.95. The molecule has 0 heterocycles. The molecule has 0 saturated carbocycles. The number of thiol groups is 1. The number of ketones is 1. The van der Waals surface area contributed by atoms with Gasteiger partial charge in [-0.15, -0.1) is 0 Å². The lowest BCUT2D eigenvalue weighted by Gasteiger charge is -2.15. The van der Waals surface area contributed by atoms with Crippen LogP contribution in [-0.4, -0.2) is 43.6 Å². The van der Waals surface area contributed by atoms with Gasteiger partial charge in [0, 0.05) is 0 Å². The fourth-order valence-electron chi connectivity index (χ4n) is 0.991. The van der Waals surface area contributed by atoms with Crippen molar-refractivity contribution in [3.8, 4) is 0 Å². The van der Waals surface area contributed by atoms with Gasteiger partial charge in [0.15, 0.2) is 5.78 Å². The van der Waals surface area contributed by atoms with Crippen LogP contribution in [0.25, 0.3) is 0 Å². The fourth-order valence-corrected chi connectivity index (χ4v) is 1.25. The van der Waals surface area contributed by atoms with Crippen LogP contribution in [0.3, 0.4) is 0 Å². The molecule has 0 aliphatic carbocycles. The Balaban J connectivity index is 4.08. The number of nitrogens with one attached hydrogen (secondary N) is 2. The lowest BCUT2D eigenvalue weighted by Crippen LogP contribution is -2.46. The smallest absolute Gasteiger partial charge is 0.234 e. The van der Waals surface area contributed by atoms with E-state index in [0.717, 1.165) is 0 Å². The summed E-state index contributed by atoms with van der Waals surface area (Å²) in [7, 11) is 1.66. The maximum Gasteiger partial charge on any atom is 0.234 e. The average Bonchev–Trinajstić information content (AvgIpc) is 2.16.